The van der Waals surface area contributed by atoms with Crippen LogP contribution in [0.3, 0.4) is 0 Å². The molecule has 3 N–H and O–H groups in total. The Labute approximate surface area is 70.9 Å². The van der Waals surface area contributed by atoms with Crippen LogP contribution in [-0.2, 0) is 30.7 Å². The number of carboxylic acid groups (broad SMARTS) is 2. The van der Waals surface area contributed by atoms with Crippen LogP contribution in [0.25, 0.3) is 0 Å². The first-order valence-corrected chi connectivity index (χ1v) is 2.16. The molecular weight excluding hydrogens is 312 g/mol. The van der Waals surface area contributed by atoms with Crippen molar-refractivity contribution in [1.82, 2.24) is 0 Å². The summed E-state index contributed by atoms with van der Waals surface area (Å²) in [5.41, 5.74) is 0. The Kier molecular flexibility index (Phi) is 6.61. The van der Waals surface area contributed by atoms with Gasteiger partial charge < -0.3 is 15.3 Å². The van der Waals surface area contributed by atoms with Crippen molar-refractivity contribution in [2.24, 2.45) is 0 Å². The molecule has 0 aliphatic rings. The summed E-state index contributed by atoms with van der Waals surface area (Å²) in [7, 11) is 0. The molecule has 0 bridgehead atoms. The smallest absolute Gasteiger partial charge is 0.333 e. The van der Waals surface area contributed by atoms with E-state index in [-0.39, 0.29) is 21.1 Å². The van der Waals surface area contributed by atoms with Crippen LogP contribution in [0.1, 0.15) is 6.42 Å². The number of hydrogen-bond donors (Lipinski definition) is 3. The van der Waals surface area contributed by atoms with E-state index in [9.17, 15) is 9.59 Å². The zero-order valence-electron chi connectivity index (χ0n) is 4.85. The maximum absolute atomic E-state index is 9.72. The number of aliphatic hydroxyl groups excluding tert-OH is 1. The molecule has 6 heteroatoms. The van der Waals surface area contributed by atoms with Crippen molar-refractivity contribution in [1.29, 1.82) is 0 Å². The van der Waals surface area contributed by atoms with Crippen molar-refractivity contribution in [3.63, 3.8) is 0 Å². The fourth-order valence-electron chi connectivity index (χ4n) is 0.253. The first kappa shape index (κ1) is 12.3. The standard InChI is InChI=1S/C4H6O5.W/c5-2(4(8)9)1-3(6)7;/h2,5H,1H2,(H,6,7)(H,8,9);. The second-order valence-electron chi connectivity index (χ2n) is 1.45. The van der Waals surface area contributed by atoms with Crippen LogP contribution in [0.2, 0.25) is 0 Å². The van der Waals surface area contributed by atoms with Gasteiger partial charge >= 0.3 is 11.9 Å². The fourth-order valence-corrected chi connectivity index (χ4v) is 0.253. The molecule has 5 nitrogen and oxygen atoms in total. The zero-order valence-corrected chi connectivity index (χ0v) is 7.78. The molecule has 0 aromatic heterocycles. The summed E-state index contributed by atoms with van der Waals surface area (Å²) in [6.07, 6.45) is -2.54. The maximum atomic E-state index is 9.72. The van der Waals surface area contributed by atoms with E-state index in [1.807, 2.05) is 0 Å². The number of aliphatic hydroxyl groups is 1. The van der Waals surface area contributed by atoms with E-state index < -0.39 is 24.5 Å². The average molecular weight is 318 g/mol. The van der Waals surface area contributed by atoms with E-state index in [1.165, 1.54) is 0 Å². The van der Waals surface area contributed by atoms with E-state index in [2.05, 4.69) is 0 Å². The van der Waals surface area contributed by atoms with E-state index in [1.54, 1.807) is 0 Å². The molecule has 0 aromatic carbocycles. The van der Waals surface area contributed by atoms with Crippen molar-refractivity contribution in [2.45, 2.75) is 12.5 Å². The fraction of sp³-hybridized carbons (Fsp3) is 0.500. The Bertz CT molecular complexity index is 134. The third-order valence-electron chi connectivity index (χ3n) is 0.653. The van der Waals surface area contributed by atoms with Gasteiger partial charge in [0.25, 0.3) is 0 Å². The van der Waals surface area contributed by atoms with E-state index in [0.29, 0.717) is 0 Å². The molecule has 0 aliphatic heterocycles. The minimum absolute atomic E-state index is 0. The zero-order chi connectivity index (χ0) is 7.44. The summed E-state index contributed by atoms with van der Waals surface area (Å²) in [5.74, 6) is -2.85. The summed E-state index contributed by atoms with van der Waals surface area (Å²) >= 11 is 0. The predicted octanol–water partition coefficient (Wildman–Crippen LogP) is -1.10. The van der Waals surface area contributed by atoms with Crippen LogP contribution < -0.4 is 0 Å². The summed E-state index contributed by atoms with van der Waals surface area (Å²) in [4.78, 5) is 19.4. The van der Waals surface area contributed by atoms with Gasteiger partial charge in [-0.25, -0.2) is 4.79 Å². The van der Waals surface area contributed by atoms with Crippen LogP contribution in [0, 0.1) is 0 Å². The Morgan fingerprint density at radius 3 is 1.80 bits per heavy atom. The molecule has 0 aliphatic carbocycles. The van der Waals surface area contributed by atoms with Gasteiger partial charge in [0.05, 0.1) is 6.42 Å². The van der Waals surface area contributed by atoms with Crippen LogP contribution in [0.4, 0.5) is 0 Å². The number of carbonyl (C=O) groups is 2. The van der Waals surface area contributed by atoms with Crippen LogP contribution in [0.15, 0.2) is 0 Å². The second-order valence-corrected chi connectivity index (χ2v) is 1.45. The summed E-state index contributed by atoms with van der Waals surface area (Å²) in [6, 6.07) is 0. The van der Waals surface area contributed by atoms with Gasteiger partial charge in [0.1, 0.15) is 0 Å². The molecule has 0 rings (SSSR count). The number of rotatable bonds is 3. The van der Waals surface area contributed by atoms with Gasteiger partial charge in [-0.15, -0.1) is 0 Å². The molecule has 0 amide bonds. The van der Waals surface area contributed by atoms with Crippen molar-refractivity contribution in [3.8, 4) is 0 Å². The Morgan fingerprint density at radius 2 is 1.70 bits per heavy atom. The Hall–Kier alpha value is -0.412. The van der Waals surface area contributed by atoms with Crippen molar-refractivity contribution >= 4 is 11.9 Å². The molecule has 1 atom stereocenters. The molecule has 58 valence electrons. The number of aliphatic carboxylic acids is 2. The Morgan fingerprint density at radius 1 is 1.30 bits per heavy atom. The molecule has 1 unspecified atom stereocenters. The minimum Gasteiger partial charge on any atom is -0.481 e. The second kappa shape index (κ2) is 5.38. The normalized spacial score (nSPS) is 11.3. The van der Waals surface area contributed by atoms with E-state index >= 15 is 0 Å². The number of hydrogen-bond acceptors (Lipinski definition) is 3. The molecule has 0 saturated heterocycles. The number of carboxylic acids is 2. The summed E-state index contributed by atoms with van der Waals surface area (Å²) in [6.45, 7) is 0. The van der Waals surface area contributed by atoms with Gasteiger partial charge in [-0.1, -0.05) is 0 Å². The molecule has 0 heterocycles. The molecule has 0 radical (unpaired) electrons. The first-order chi connectivity index (χ1) is 4.04. The third kappa shape index (κ3) is 5.72. The summed E-state index contributed by atoms with van der Waals surface area (Å²) < 4.78 is 0. The van der Waals surface area contributed by atoms with Crippen LogP contribution in [-0.4, -0.2) is 33.4 Å². The minimum atomic E-state index is -1.79. The van der Waals surface area contributed by atoms with Crippen LogP contribution in [0.5, 0.6) is 0 Å². The van der Waals surface area contributed by atoms with Gasteiger partial charge in [0, 0.05) is 21.1 Å². The SMILES string of the molecule is O=C(O)CC(O)C(=O)O.[W]. The third-order valence-corrected chi connectivity index (χ3v) is 0.653. The Balaban J connectivity index is 0. The topological polar surface area (TPSA) is 94.8 Å². The molecule has 0 fully saturated rings. The van der Waals surface area contributed by atoms with Gasteiger partial charge in [-0.2, -0.15) is 0 Å². The van der Waals surface area contributed by atoms with E-state index in [4.69, 9.17) is 15.3 Å². The van der Waals surface area contributed by atoms with Crippen LogP contribution >= 0.6 is 0 Å². The molecule has 0 spiro atoms. The predicted molar refractivity (Wildman–Crippen MR) is 25.9 cm³/mol. The molecular formula is C4H6O5W. The quantitative estimate of drug-likeness (QED) is 0.614. The monoisotopic (exact) mass is 318 g/mol. The summed E-state index contributed by atoms with van der Waals surface area (Å²) in [5, 5.41) is 24.1. The van der Waals surface area contributed by atoms with Gasteiger partial charge in [0.2, 0.25) is 0 Å². The van der Waals surface area contributed by atoms with Crippen molar-refractivity contribution in [2.75, 3.05) is 0 Å². The first-order valence-electron chi connectivity index (χ1n) is 2.16. The maximum Gasteiger partial charge on any atom is 0.333 e. The molecule has 0 aromatic rings. The van der Waals surface area contributed by atoms with Gasteiger partial charge in [0.15, 0.2) is 6.10 Å². The van der Waals surface area contributed by atoms with Gasteiger partial charge in [-0.3, -0.25) is 4.79 Å². The average Bonchev–Trinajstić information content (AvgIpc) is 1.63. The molecule has 10 heavy (non-hydrogen) atoms. The van der Waals surface area contributed by atoms with E-state index in [0.717, 1.165) is 0 Å². The largest absolute Gasteiger partial charge is 0.481 e. The molecule has 0 saturated carbocycles. The van der Waals surface area contributed by atoms with Crippen molar-refractivity contribution in [3.05, 3.63) is 0 Å². The van der Waals surface area contributed by atoms with Crippen molar-refractivity contribution < 1.29 is 46.0 Å². The van der Waals surface area contributed by atoms with Gasteiger partial charge in [-0.05, 0) is 0 Å².